The summed E-state index contributed by atoms with van der Waals surface area (Å²) in [6, 6.07) is 3.12. The van der Waals surface area contributed by atoms with Crippen molar-refractivity contribution in [2.24, 2.45) is 5.73 Å². The molecule has 0 aliphatic rings. The third-order valence-corrected chi connectivity index (χ3v) is 2.27. The Morgan fingerprint density at radius 1 is 1.44 bits per heavy atom. The molecule has 1 aromatic rings. The number of hydrogen-bond donors (Lipinski definition) is 3. The van der Waals surface area contributed by atoms with Crippen molar-refractivity contribution in [2.45, 2.75) is 26.3 Å². The molecule has 0 aromatic carbocycles. The van der Waals surface area contributed by atoms with Gasteiger partial charge in [-0.25, -0.2) is 4.98 Å². The molecule has 6 nitrogen and oxygen atoms in total. The van der Waals surface area contributed by atoms with Crippen molar-refractivity contribution in [1.29, 1.82) is 0 Å². The van der Waals surface area contributed by atoms with Crippen LogP contribution in [0, 0.1) is 0 Å². The molecule has 2 amide bonds. The molecule has 18 heavy (non-hydrogen) atoms. The molecule has 1 unspecified atom stereocenters. The molecule has 1 heterocycles. The van der Waals surface area contributed by atoms with Crippen LogP contribution >= 0.6 is 0 Å². The number of aromatic nitrogens is 1. The Kier molecular flexibility index (Phi) is 5.10. The predicted octanol–water partition coefficient (Wildman–Crippen LogP) is 0.507. The number of pyridine rings is 1. The zero-order valence-electron chi connectivity index (χ0n) is 10.6. The molecule has 0 aliphatic carbocycles. The number of nitrogens with zero attached hydrogens (tertiary/aromatic N) is 1. The molecule has 0 spiro atoms. The van der Waals surface area contributed by atoms with Gasteiger partial charge in [0.1, 0.15) is 5.82 Å². The highest BCUT2D eigenvalue weighted by molar-refractivity contribution is 5.94. The van der Waals surface area contributed by atoms with Gasteiger partial charge < -0.3 is 16.4 Å². The summed E-state index contributed by atoms with van der Waals surface area (Å²) in [7, 11) is 0. The fourth-order valence-electron chi connectivity index (χ4n) is 1.47. The zero-order chi connectivity index (χ0) is 13.5. The Balaban J connectivity index is 2.58. The second-order valence-electron chi connectivity index (χ2n) is 4.01. The van der Waals surface area contributed by atoms with E-state index in [9.17, 15) is 9.59 Å². The average molecular weight is 250 g/mol. The van der Waals surface area contributed by atoms with Crippen LogP contribution in [0.25, 0.3) is 0 Å². The molecule has 1 rings (SSSR count). The summed E-state index contributed by atoms with van der Waals surface area (Å²) in [6.45, 7) is 4.46. The third kappa shape index (κ3) is 4.40. The number of hydrogen-bond acceptors (Lipinski definition) is 4. The Morgan fingerprint density at radius 3 is 2.67 bits per heavy atom. The van der Waals surface area contributed by atoms with Crippen molar-refractivity contribution in [2.75, 3.05) is 11.9 Å². The molecule has 98 valence electrons. The number of nitrogens with two attached hydrogens (primary N) is 1. The number of carbonyl (C=O) groups excluding carboxylic acids is 2. The van der Waals surface area contributed by atoms with Gasteiger partial charge in [0.25, 0.3) is 5.91 Å². The van der Waals surface area contributed by atoms with Crippen LogP contribution in [0.1, 0.15) is 30.6 Å². The fraction of sp³-hybridized carbons (Fsp3) is 0.417. The van der Waals surface area contributed by atoms with Crippen LogP contribution in [0.4, 0.5) is 5.82 Å². The molecule has 1 atom stereocenters. The van der Waals surface area contributed by atoms with Crippen LogP contribution in [0.15, 0.2) is 18.3 Å². The van der Waals surface area contributed by atoms with Crippen LogP contribution < -0.4 is 16.4 Å². The van der Waals surface area contributed by atoms with E-state index in [-0.39, 0.29) is 18.4 Å². The third-order valence-electron chi connectivity index (χ3n) is 2.27. The van der Waals surface area contributed by atoms with Gasteiger partial charge in [-0.1, -0.05) is 0 Å². The van der Waals surface area contributed by atoms with Crippen LogP contribution in [0.3, 0.4) is 0 Å². The lowest BCUT2D eigenvalue weighted by Crippen LogP contribution is -2.35. The molecular weight excluding hydrogens is 232 g/mol. The number of rotatable bonds is 6. The molecule has 0 aliphatic heterocycles. The van der Waals surface area contributed by atoms with Crippen molar-refractivity contribution in [1.82, 2.24) is 10.3 Å². The normalized spacial score (nSPS) is 11.7. The first kappa shape index (κ1) is 14.0. The van der Waals surface area contributed by atoms with Gasteiger partial charge in [-0.15, -0.1) is 0 Å². The summed E-state index contributed by atoms with van der Waals surface area (Å²) >= 11 is 0. The van der Waals surface area contributed by atoms with Gasteiger partial charge in [-0.05, 0) is 26.0 Å². The summed E-state index contributed by atoms with van der Waals surface area (Å²) in [6.07, 6.45) is 1.61. The smallest absolute Gasteiger partial charge is 0.253 e. The molecular formula is C12H18N4O2. The number of nitrogens with one attached hydrogen (secondary N) is 2. The lowest BCUT2D eigenvalue weighted by molar-refractivity contribution is -0.118. The molecule has 6 heteroatoms. The van der Waals surface area contributed by atoms with E-state index in [1.54, 1.807) is 19.1 Å². The molecule has 4 N–H and O–H groups in total. The van der Waals surface area contributed by atoms with Crippen LogP contribution in [-0.4, -0.2) is 29.4 Å². The average Bonchev–Trinajstić information content (AvgIpc) is 2.29. The topological polar surface area (TPSA) is 97.1 Å². The second kappa shape index (κ2) is 6.58. The van der Waals surface area contributed by atoms with Crippen LogP contribution in [0.2, 0.25) is 0 Å². The van der Waals surface area contributed by atoms with Gasteiger partial charge in [0.15, 0.2) is 0 Å². The van der Waals surface area contributed by atoms with E-state index >= 15 is 0 Å². The van der Waals surface area contributed by atoms with Gasteiger partial charge in [-0.2, -0.15) is 0 Å². The van der Waals surface area contributed by atoms with Crippen molar-refractivity contribution >= 4 is 17.6 Å². The lowest BCUT2D eigenvalue weighted by Gasteiger charge is -2.12. The summed E-state index contributed by atoms with van der Waals surface area (Å²) in [5, 5.41) is 5.72. The second-order valence-corrected chi connectivity index (χ2v) is 4.01. The maximum atomic E-state index is 11.8. The molecule has 0 saturated heterocycles. The highest BCUT2D eigenvalue weighted by Gasteiger charge is 2.11. The number of anilines is 1. The summed E-state index contributed by atoms with van der Waals surface area (Å²) < 4.78 is 0. The van der Waals surface area contributed by atoms with Gasteiger partial charge in [-0.3, -0.25) is 9.59 Å². The van der Waals surface area contributed by atoms with Crippen molar-refractivity contribution < 1.29 is 9.59 Å². The lowest BCUT2D eigenvalue weighted by atomic mass is 10.2. The first-order valence-electron chi connectivity index (χ1n) is 5.82. The van der Waals surface area contributed by atoms with Crippen LogP contribution in [0.5, 0.6) is 0 Å². The standard InChI is InChI=1S/C12H18N4O2/c1-3-14-11-5-4-9(7-15-11)12(18)16-8(2)6-10(13)17/h4-5,7-8H,3,6H2,1-2H3,(H2,13,17)(H,14,15)(H,16,18). The largest absolute Gasteiger partial charge is 0.370 e. The molecule has 0 bridgehead atoms. The molecule has 0 radical (unpaired) electrons. The van der Waals surface area contributed by atoms with E-state index in [1.807, 2.05) is 6.92 Å². The summed E-state index contributed by atoms with van der Waals surface area (Å²) in [4.78, 5) is 26.6. The van der Waals surface area contributed by atoms with Gasteiger partial charge in [0.2, 0.25) is 5.91 Å². The van der Waals surface area contributed by atoms with Gasteiger partial charge >= 0.3 is 0 Å². The van der Waals surface area contributed by atoms with E-state index in [1.165, 1.54) is 6.20 Å². The van der Waals surface area contributed by atoms with E-state index in [4.69, 9.17) is 5.73 Å². The minimum atomic E-state index is -0.441. The van der Waals surface area contributed by atoms with E-state index in [0.29, 0.717) is 5.56 Å². The summed E-state index contributed by atoms with van der Waals surface area (Å²) in [5.74, 6) is 0.0157. The maximum absolute atomic E-state index is 11.8. The quantitative estimate of drug-likeness (QED) is 0.685. The number of primary amides is 1. The predicted molar refractivity (Wildman–Crippen MR) is 69.1 cm³/mol. The Hall–Kier alpha value is -2.11. The molecule has 1 aromatic heterocycles. The molecule has 0 fully saturated rings. The van der Waals surface area contributed by atoms with Crippen molar-refractivity contribution in [3.8, 4) is 0 Å². The number of amides is 2. The monoisotopic (exact) mass is 250 g/mol. The Labute approximate surface area is 106 Å². The zero-order valence-corrected chi connectivity index (χ0v) is 10.6. The first-order valence-corrected chi connectivity index (χ1v) is 5.82. The van der Waals surface area contributed by atoms with Crippen LogP contribution in [-0.2, 0) is 4.79 Å². The van der Waals surface area contributed by atoms with Crippen molar-refractivity contribution in [3.05, 3.63) is 23.9 Å². The van der Waals surface area contributed by atoms with E-state index < -0.39 is 5.91 Å². The van der Waals surface area contributed by atoms with Gasteiger partial charge in [0, 0.05) is 25.2 Å². The Morgan fingerprint density at radius 2 is 2.17 bits per heavy atom. The highest BCUT2D eigenvalue weighted by atomic mass is 16.2. The minimum absolute atomic E-state index is 0.120. The molecule has 0 saturated carbocycles. The van der Waals surface area contributed by atoms with Crippen molar-refractivity contribution in [3.63, 3.8) is 0 Å². The van der Waals surface area contributed by atoms with E-state index in [0.717, 1.165) is 12.4 Å². The maximum Gasteiger partial charge on any atom is 0.253 e. The summed E-state index contributed by atoms with van der Waals surface area (Å²) in [5.41, 5.74) is 5.50. The highest BCUT2D eigenvalue weighted by Crippen LogP contribution is 2.05. The first-order chi connectivity index (χ1) is 8.52. The number of carbonyl (C=O) groups is 2. The minimum Gasteiger partial charge on any atom is -0.370 e. The SMILES string of the molecule is CCNc1ccc(C(=O)NC(C)CC(N)=O)cn1. The van der Waals surface area contributed by atoms with Gasteiger partial charge in [0.05, 0.1) is 5.56 Å². The fourth-order valence-corrected chi connectivity index (χ4v) is 1.47. The Bertz CT molecular complexity index is 417. The van der Waals surface area contributed by atoms with E-state index in [2.05, 4.69) is 15.6 Å².